The van der Waals surface area contributed by atoms with Gasteiger partial charge < -0.3 is 5.73 Å². The van der Waals surface area contributed by atoms with Crippen LogP contribution in [-0.2, 0) is 0 Å². The minimum Gasteiger partial charge on any atom is -0.350 e. The fourth-order valence-electron chi connectivity index (χ4n) is 0.404. The lowest BCUT2D eigenvalue weighted by molar-refractivity contribution is 0.257. The highest BCUT2D eigenvalue weighted by Crippen LogP contribution is 2.10. The number of hydrogen-bond donors (Lipinski definition) is 2. The number of primary amides is 1. The normalized spacial score (nSPS) is 9.30. The van der Waals surface area contributed by atoms with Gasteiger partial charge in [-0.15, -0.1) is 5.10 Å². The summed E-state index contributed by atoms with van der Waals surface area (Å²) in [5.41, 5.74) is 4.89. The van der Waals surface area contributed by atoms with Crippen LogP contribution in [-0.4, -0.2) is 21.4 Å². The number of nitrogens with two attached hydrogens (primary N) is 1. The third kappa shape index (κ3) is 1.24. The Morgan fingerprint density at radius 2 is 2.60 bits per heavy atom. The molecule has 0 saturated heterocycles. The lowest BCUT2D eigenvalue weighted by Gasteiger charge is -2.03. The van der Waals surface area contributed by atoms with Crippen molar-refractivity contribution in [2.75, 3.05) is 3.93 Å². The number of carbonyl (C=O) groups is 1. The second kappa shape index (κ2) is 2.65. The van der Waals surface area contributed by atoms with Gasteiger partial charge >= 0.3 is 6.03 Å². The molecule has 0 aliphatic carbocycles. The van der Waals surface area contributed by atoms with Gasteiger partial charge in [-0.05, 0) is 0 Å². The molecule has 2 amide bonds. The third-order valence-electron chi connectivity index (χ3n) is 0.798. The van der Waals surface area contributed by atoms with Crippen molar-refractivity contribution in [3.05, 3.63) is 6.20 Å². The first-order valence-corrected chi connectivity index (χ1v) is 3.04. The van der Waals surface area contributed by atoms with Gasteiger partial charge in [0.25, 0.3) is 0 Å². The zero-order valence-corrected chi connectivity index (χ0v) is 6.37. The van der Waals surface area contributed by atoms with Crippen LogP contribution in [0.15, 0.2) is 6.20 Å². The Morgan fingerprint density at radius 1 is 1.90 bits per heavy atom. The first-order chi connectivity index (χ1) is 4.72. The molecular formula is C3H4BrN5O. The molecule has 0 saturated carbocycles. The van der Waals surface area contributed by atoms with Gasteiger partial charge in [-0.3, -0.25) is 5.10 Å². The van der Waals surface area contributed by atoms with Gasteiger partial charge in [-0.25, -0.2) is 8.72 Å². The van der Waals surface area contributed by atoms with E-state index in [-0.39, 0.29) is 0 Å². The molecule has 1 rings (SSSR count). The summed E-state index contributed by atoms with van der Waals surface area (Å²) in [6, 6.07) is -0.645. The Bertz CT molecular complexity index is 221. The van der Waals surface area contributed by atoms with E-state index < -0.39 is 6.03 Å². The van der Waals surface area contributed by atoms with Gasteiger partial charge in [0.05, 0.1) is 22.3 Å². The van der Waals surface area contributed by atoms with Crippen molar-refractivity contribution < 1.29 is 4.79 Å². The van der Waals surface area contributed by atoms with Crippen LogP contribution >= 0.6 is 16.1 Å². The number of nitrogens with one attached hydrogen (secondary N) is 1. The Kier molecular flexibility index (Phi) is 1.86. The standard InChI is InChI=1S/C3H4BrN5O/c4-9(3(5)10)2-1-6-8-7-2/h1H,(H2,5,10)(H,6,7,8). The molecule has 3 N–H and O–H groups in total. The second-order valence-corrected chi connectivity index (χ2v) is 2.16. The number of aromatic nitrogens is 3. The van der Waals surface area contributed by atoms with E-state index in [1.807, 2.05) is 0 Å². The molecule has 1 heterocycles. The topological polar surface area (TPSA) is 87.9 Å². The predicted octanol–water partition coefficient (Wildman–Crippen LogP) is -0.000300. The Labute approximate surface area is 64.7 Å². The quantitative estimate of drug-likeness (QED) is 0.633. The number of anilines is 1. The molecule has 1 aromatic rings. The van der Waals surface area contributed by atoms with Gasteiger partial charge in [0.1, 0.15) is 0 Å². The van der Waals surface area contributed by atoms with Crippen molar-refractivity contribution in [1.29, 1.82) is 0 Å². The van der Waals surface area contributed by atoms with Gasteiger partial charge in [0.2, 0.25) is 0 Å². The monoisotopic (exact) mass is 205 g/mol. The van der Waals surface area contributed by atoms with Crippen molar-refractivity contribution in [1.82, 2.24) is 15.4 Å². The molecule has 0 fully saturated rings. The van der Waals surface area contributed by atoms with Gasteiger partial charge in [0, 0.05) is 0 Å². The number of amides is 2. The maximum Gasteiger partial charge on any atom is 0.330 e. The summed E-state index contributed by atoms with van der Waals surface area (Å²) in [5.74, 6) is 0.326. The number of H-pyrrole nitrogens is 1. The molecule has 6 nitrogen and oxygen atoms in total. The van der Waals surface area contributed by atoms with E-state index >= 15 is 0 Å². The molecule has 54 valence electrons. The van der Waals surface area contributed by atoms with Gasteiger partial charge in [-0.2, -0.15) is 0 Å². The maximum absolute atomic E-state index is 10.4. The van der Waals surface area contributed by atoms with E-state index in [1.165, 1.54) is 6.20 Å². The highest BCUT2D eigenvalue weighted by atomic mass is 79.9. The van der Waals surface area contributed by atoms with E-state index in [1.54, 1.807) is 0 Å². The minimum absolute atomic E-state index is 0.326. The largest absolute Gasteiger partial charge is 0.350 e. The first kappa shape index (κ1) is 7.00. The Morgan fingerprint density at radius 3 is 3.00 bits per heavy atom. The predicted molar refractivity (Wildman–Crippen MR) is 37.4 cm³/mol. The van der Waals surface area contributed by atoms with Gasteiger partial charge in [-0.1, -0.05) is 5.21 Å². The molecule has 0 atom stereocenters. The zero-order chi connectivity index (χ0) is 7.56. The van der Waals surface area contributed by atoms with Crippen LogP contribution in [0.4, 0.5) is 10.6 Å². The van der Waals surface area contributed by atoms with E-state index in [4.69, 9.17) is 5.73 Å². The summed E-state index contributed by atoms with van der Waals surface area (Å²) in [6.07, 6.45) is 1.43. The van der Waals surface area contributed by atoms with Gasteiger partial charge in [0.15, 0.2) is 5.82 Å². The van der Waals surface area contributed by atoms with Crippen LogP contribution in [0, 0.1) is 0 Å². The van der Waals surface area contributed by atoms with E-state index in [2.05, 4.69) is 31.6 Å². The Balaban J connectivity index is 2.77. The highest BCUT2D eigenvalue weighted by Gasteiger charge is 2.09. The smallest absolute Gasteiger partial charge is 0.330 e. The number of halogens is 1. The summed E-state index contributed by atoms with van der Waals surface area (Å²) in [6.45, 7) is 0. The minimum atomic E-state index is -0.645. The van der Waals surface area contributed by atoms with Crippen LogP contribution < -0.4 is 9.66 Å². The number of carbonyl (C=O) groups excluding carboxylic acids is 1. The average molecular weight is 206 g/mol. The molecule has 10 heavy (non-hydrogen) atoms. The van der Waals surface area contributed by atoms with E-state index in [0.717, 1.165) is 3.93 Å². The molecule has 0 aliphatic heterocycles. The van der Waals surface area contributed by atoms with Crippen molar-refractivity contribution in [2.45, 2.75) is 0 Å². The van der Waals surface area contributed by atoms with E-state index in [0.29, 0.717) is 5.82 Å². The molecule has 7 heteroatoms. The van der Waals surface area contributed by atoms with Crippen LogP contribution in [0.2, 0.25) is 0 Å². The first-order valence-electron chi connectivity index (χ1n) is 2.33. The fraction of sp³-hybridized carbons (Fsp3) is 0. The van der Waals surface area contributed by atoms with Crippen LogP contribution in [0.3, 0.4) is 0 Å². The van der Waals surface area contributed by atoms with Crippen molar-refractivity contribution >= 4 is 28.0 Å². The second-order valence-electron chi connectivity index (χ2n) is 1.45. The average Bonchev–Trinajstić information content (AvgIpc) is 2.36. The molecular weight excluding hydrogens is 202 g/mol. The molecule has 0 radical (unpaired) electrons. The molecule has 1 aromatic heterocycles. The van der Waals surface area contributed by atoms with Crippen molar-refractivity contribution in [3.63, 3.8) is 0 Å². The Hall–Kier alpha value is -1.11. The van der Waals surface area contributed by atoms with Crippen LogP contribution in [0.1, 0.15) is 0 Å². The number of rotatable bonds is 1. The number of aromatic amines is 1. The lowest BCUT2D eigenvalue weighted by Crippen LogP contribution is -2.26. The number of nitrogens with zero attached hydrogens (tertiary/aromatic N) is 3. The molecule has 0 aliphatic rings. The van der Waals surface area contributed by atoms with Crippen LogP contribution in [0.5, 0.6) is 0 Å². The number of urea groups is 1. The summed E-state index contributed by atoms with van der Waals surface area (Å²) in [5, 5.41) is 9.31. The molecule has 0 unspecified atom stereocenters. The SMILES string of the molecule is NC(=O)N(Br)c1c[nH]nn1. The van der Waals surface area contributed by atoms with E-state index in [9.17, 15) is 4.79 Å². The fourth-order valence-corrected chi connectivity index (χ4v) is 0.578. The summed E-state index contributed by atoms with van der Waals surface area (Å²) >= 11 is 2.87. The van der Waals surface area contributed by atoms with Crippen LogP contribution in [0.25, 0.3) is 0 Å². The van der Waals surface area contributed by atoms with Crippen molar-refractivity contribution in [2.24, 2.45) is 5.73 Å². The summed E-state index contributed by atoms with van der Waals surface area (Å²) in [7, 11) is 0. The summed E-state index contributed by atoms with van der Waals surface area (Å²) < 4.78 is 0.997. The zero-order valence-electron chi connectivity index (χ0n) is 4.78. The lowest BCUT2D eigenvalue weighted by atomic mass is 10.7. The highest BCUT2D eigenvalue weighted by molar-refractivity contribution is 9.10. The molecule has 0 aromatic carbocycles. The van der Waals surface area contributed by atoms with Crippen molar-refractivity contribution in [3.8, 4) is 0 Å². The number of hydrogen-bond acceptors (Lipinski definition) is 3. The molecule has 0 spiro atoms. The third-order valence-corrected chi connectivity index (χ3v) is 1.51. The molecule has 0 bridgehead atoms. The summed E-state index contributed by atoms with van der Waals surface area (Å²) in [4.78, 5) is 10.4. The maximum atomic E-state index is 10.4.